The average Bonchev–Trinajstić information content (AvgIpc) is 1.66. The molecule has 4 amide bonds. The van der Waals surface area contributed by atoms with Gasteiger partial charge in [-0.3, -0.25) is 54.1 Å². The third-order valence-electron chi connectivity index (χ3n) is 21.5. The minimum absolute atomic E-state index is 0. The number of anilines is 4. The number of thiophene rings is 4. The van der Waals surface area contributed by atoms with E-state index in [2.05, 4.69) is 86.2 Å². The first-order valence-electron chi connectivity index (χ1n) is 42.5. The van der Waals surface area contributed by atoms with Crippen molar-refractivity contribution in [1.82, 2.24) is 100 Å². The lowest BCUT2D eigenvalue weighted by atomic mass is 10.1. The van der Waals surface area contributed by atoms with Crippen LogP contribution in [-0.4, -0.2) is 263 Å². The molecule has 0 unspecified atom stereocenters. The molecule has 0 saturated carbocycles. The predicted molar refractivity (Wildman–Crippen MR) is 511 cm³/mol. The Bertz CT molecular complexity index is 6280. The van der Waals surface area contributed by atoms with Gasteiger partial charge in [-0.1, -0.05) is 37.8 Å². The van der Waals surface area contributed by atoms with E-state index in [0.29, 0.717) is 216 Å². The van der Waals surface area contributed by atoms with Crippen LogP contribution in [-0.2, 0) is 48.2 Å². The highest BCUT2D eigenvalue weighted by Crippen LogP contribution is 2.40. The molecule has 19 heterocycles. The number of likely N-dealkylation sites (N-methyl/N-ethyl adjacent to an activating group) is 1. The van der Waals surface area contributed by atoms with Crippen molar-refractivity contribution < 1.29 is 46.5 Å². The van der Waals surface area contributed by atoms with Gasteiger partial charge in [0.1, 0.15) is 65.4 Å². The molecule has 4 saturated heterocycles. The molecule has 15 aromatic heterocycles. The number of carbonyl (C=O) groups excluding carboxylic acids is 4. The number of hydrogen-bond donors (Lipinski definition) is 4. The minimum atomic E-state index is -3.30. The molecule has 0 aromatic carbocycles. The molecule has 0 spiro atoms. The SMILES string of the molecule is C.CNS(=O)(=O)CCCNC(=O)c1csc2nc(-c3ccccn3)nc(N3CCOCC3)c12.Cc1cc(CCN(C)C(=O)c2csc3nc(-c4ccccn4)nc(N4CCOCC4)c23)ccn1.O=C(NCCc1cccnc1)c1csc2nc(-c3ccccn3)nc(N3CCOCC3)c12.O=C(NCCc1ccncc1)c1csc2nc(-c3ccccn3)nc(N3CCOCC3)c12. The van der Waals surface area contributed by atoms with Crippen LogP contribution in [0.25, 0.3) is 86.9 Å². The zero-order valence-corrected chi connectivity index (χ0v) is 75.7. The highest BCUT2D eigenvalue weighted by Gasteiger charge is 2.31. The summed E-state index contributed by atoms with van der Waals surface area (Å²) >= 11 is 5.75. The van der Waals surface area contributed by atoms with Crippen LogP contribution in [0.15, 0.2) is 186 Å². The van der Waals surface area contributed by atoms with Crippen LogP contribution in [0.2, 0.25) is 0 Å². The maximum Gasteiger partial charge on any atom is 0.255 e. The quantitative estimate of drug-likeness (QED) is 0.0366. The molecule has 4 N–H and O–H groups in total. The van der Waals surface area contributed by atoms with Crippen LogP contribution >= 0.6 is 45.3 Å². The van der Waals surface area contributed by atoms with Gasteiger partial charge >= 0.3 is 0 Å². The fourth-order valence-electron chi connectivity index (χ4n) is 14.8. The van der Waals surface area contributed by atoms with E-state index in [4.69, 9.17) is 53.8 Å². The fourth-order valence-corrected chi connectivity index (χ4v) is 19.1. The Balaban J connectivity index is 0.000000133. The van der Waals surface area contributed by atoms with Gasteiger partial charge in [0.25, 0.3) is 23.6 Å². The summed E-state index contributed by atoms with van der Waals surface area (Å²) in [5, 5.41) is 19.4. The van der Waals surface area contributed by atoms with E-state index in [1.807, 2.05) is 146 Å². The number of nitrogens with one attached hydrogen (secondary N) is 4. The fraction of sp³-hybridized carbons (Fsp3) is 0.315. The summed E-state index contributed by atoms with van der Waals surface area (Å²) in [5.74, 6) is 4.58. The van der Waals surface area contributed by atoms with E-state index in [-0.39, 0.29) is 43.4 Å². The third-order valence-corrected chi connectivity index (χ3v) is 26.5. The average molecular weight is 1860 g/mol. The van der Waals surface area contributed by atoms with Gasteiger partial charge in [0.15, 0.2) is 23.3 Å². The number of ether oxygens (including phenoxy) is 4. The van der Waals surface area contributed by atoms with E-state index in [9.17, 15) is 27.6 Å². The van der Waals surface area contributed by atoms with Crippen molar-refractivity contribution in [3.8, 4) is 46.1 Å². The van der Waals surface area contributed by atoms with Gasteiger partial charge in [0.05, 0.1) is 102 Å². The smallest absolute Gasteiger partial charge is 0.255 e. The zero-order valence-electron chi connectivity index (χ0n) is 71.6. The van der Waals surface area contributed by atoms with Crippen molar-refractivity contribution in [1.29, 1.82) is 0 Å². The molecule has 15 aromatic rings. The van der Waals surface area contributed by atoms with E-state index in [0.717, 1.165) is 84.2 Å². The Morgan fingerprint density at radius 2 is 0.771 bits per heavy atom. The monoisotopic (exact) mass is 1860 g/mol. The third kappa shape index (κ3) is 23.4. The second kappa shape index (κ2) is 45.0. The van der Waals surface area contributed by atoms with Crippen molar-refractivity contribution in [3.05, 3.63) is 231 Å². The molecule has 676 valence electrons. The van der Waals surface area contributed by atoms with E-state index >= 15 is 0 Å². The Hall–Kier alpha value is -13.0. The molecule has 4 aliphatic rings. The van der Waals surface area contributed by atoms with E-state index in [1.165, 1.54) is 58.0 Å². The number of fused-ring (bicyclic) bond motifs is 4. The molecule has 131 heavy (non-hydrogen) atoms. The first-order valence-corrected chi connectivity index (χ1v) is 47.7. The lowest BCUT2D eigenvalue weighted by Gasteiger charge is -2.29. The molecular weight excluding hydrogens is 1760 g/mol. The summed E-state index contributed by atoms with van der Waals surface area (Å²) in [4.78, 5) is 134. The van der Waals surface area contributed by atoms with Gasteiger partial charge in [-0.15, -0.1) is 45.3 Å². The molecule has 0 atom stereocenters. The van der Waals surface area contributed by atoms with Crippen LogP contribution < -0.4 is 40.3 Å². The van der Waals surface area contributed by atoms with E-state index < -0.39 is 10.0 Å². The molecule has 34 nitrogen and oxygen atoms in total. The zero-order chi connectivity index (χ0) is 89.6. The number of carbonyl (C=O) groups is 4. The summed E-state index contributed by atoms with van der Waals surface area (Å²) < 4.78 is 47.5. The standard InChI is InChI=1S/C25H26N6O2S.2C23H22N6O2S.C20H24N6O4S2.CH4/c1-17-15-18(6-9-26-17)7-10-30(2)25(32)19-16-34-24-21(19)23(31-11-13-33-14-12-31)28-22(29-24)20-5-3-4-8-27-20;30-22(26-9-6-16-4-3-7-24-14-16)17-15-32-23-19(17)21(29-10-12-31-13-11-29)27-20(28-23)18-5-1-2-8-25-18;30-22(26-10-6-16-4-8-24-9-5-16)17-15-32-23-19(17)21(29-11-13-31-14-12-29)27-20(28-23)18-3-1-2-7-25-18;1-21-32(28,29)12-4-7-23-19(27)14-13-31-20-16(14)18(26-8-10-30-11-9-26)24-17(25-20)15-5-2-3-6-22-15;/h3-6,8-9,15-16H,7,10-14H2,1-2H3;1-5,7-8,14-15H,6,9-13H2,(H,26,30);1-5,7-9,15H,6,10-14H2,(H,26,30);2-3,5-6,13,21H,4,7-12H2,1H3,(H,23,27);1H4. The Morgan fingerprint density at radius 1 is 0.405 bits per heavy atom. The highest BCUT2D eigenvalue weighted by molar-refractivity contribution is 7.89. The highest BCUT2D eigenvalue weighted by atomic mass is 32.2. The molecular formula is C92H98N24O10S5. The predicted octanol–water partition coefficient (Wildman–Crippen LogP) is 11.4. The van der Waals surface area contributed by atoms with Gasteiger partial charge in [-0.2, -0.15) is 0 Å². The van der Waals surface area contributed by atoms with Crippen molar-refractivity contribution in [3.63, 3.8) is 0 Å². The van der Waals surface area contributed by atoms with Crippen molar-refractivity contribution in [2.45, 2.75) is 40.0 Å². The largest absolute Gasteiger partial charge is 0.378 e. The van der Waals surface area contributed by atoms with Gasteiger partial charge in [-0.05, 0) is 135 Å². The number of morpholine rings is 4. The van der Waals surface area contributed by atoms with Crippen LogP contribution in [0, 0.1) is 6.92 Å². The number of rotatable bonds is 26. The summed E-state index contributed by atoms with van der Waals surface area (Å²) in [6, 6.07) is 34.5. The molecule has 39 heteroatoms. The summed E-state index contributed by atoms with van der Waals surface area (Å²) in [5.41, 5.74) is 9.48. The van der Waals surface area contributed by atoms with Crippen molar-refractivity contribution in [2.24, 2.45) is 0 Å². The second-order valence-corrected chi connectivity index (χ2v) is 35.7. The molecule has 4 aliphatic heterocycles. The van der Waals surface area contributed by atoms with Gasteiger partial charge in [0.2, 0.25) is 10.0 Å². The maximum atomic E-state index is 13.5. The number of hydrogen-bond acceptors (Lipinski definition) is 33. The number of nitrogens with zero attached hydrogens (tertiary/aromatic N) is 20. The normalized spacial score (nSPS) is 14.0. The molecule has 19 rings (SSSR count). The lowest BCUT2D eigenvalue weighted by molar-refractivity contribution is 0.0797. The maximum absolute atomic E-state index is 13.5. The van der Waals surface area contributed by atoms with Crippen molar-refractivity contribution >= 4 is 143 Å². The van der Waals surface area contributed by atoms with Crippen LogP contribution in [0.1, 0.15) is 77.7 Å². The number of aromatic nitrogens is 15. The van der Waals surface area contributed by atoms with Crippen molar-refractivity contribution in [2.75, 3.05) is 171 Å². The summed E-state index contributed by atoms with van der Waals surface area (Å²) in [6.07, 6.45) is 18.3. The Labute approximate surface area is 772 Å². The van der Waals surface area contributed by atoms with Crippen LogP contribution in [0.4, 0.5) is 23.3 Å². The number of sulfonamides is 1. The number of amides is 4. The Kier molecular flexibility index (Phi) is 31.9. The van der Waals surface area contributed by atoms with Gasteiger partial charge in [0, 0.05) is 169 Å². The number of aryl methyl sites for hydroxylation is 1. The van der Waals surface area contributed by atoms with Gasteiger partial charge < -0.3 is 59.4 Å². The summed E-state index contributed by atoms with van der Waals surface area (Å²) in [6.45, 7) is 14.4. The minimum Gasteiger partial charge on any atom is -0.378 e. The Morgan fingerprint density at radius 3 is 1.13 bits per heavy atom. The lowest BCUT2D eigenvalue weighted by Crippen LogP contribution is -2.37. The second-order valence-electron chi connectivity index (χ2n) is 30.2. The van der Waals surface area contributed by atoms with Crippen LogP contribution in [0.5, 0.6) is 0 Å². The molecule has 4 fully saturated rings. The first-order chi connectivity index (χ1) is 63.7. The van der Waals surface area contributed by atoms with Crippen LogP contribution in [0.3, 0.4) is 0 Å². The molecule has 0 radical (unpaired) electrons. The molecule has 0 aliphatic carbocycles. The summed E-state index contributed by atoms with van der Waals surface area (Å²) in [7, 11) is -0.0845. The van der Waals surface area contributed by atoms with Gasteiger partial charge in [-0.25, -0.2) is 53.0 Å². The first kappa shape index (κ1) is 92.7. The number of pyridine rings is 7. The van der Waals surface area contributed by atoms with E-state index in [1.54, 1.807) is 53.7 Å². The molecule has 0 bridgehead atoms. The topological polar surface area (TPSA) is 397 Å².